The van der Waals surface area contributed by atoms with Crippen LogP contribution < -0.4 is 0 Å². The van der Waals surface area contributed by atoms with E-state index in [9.17, 15) is 13.2 Å². The highest BCUT2D eigenvalue weighted by Gasteiger charge is 2.23. The average Bonchev–Trinajstić information content (AvgIpc) is 3.20. The van der Waals surface area contributed by atoms with Crippen LogP contribution in [0.15, 0.2) is 96.2 Å². The molecular weight excluding hydrogens is 472 g/mol. The van der Waals surface area contributed by atoms with Gasteiger partial charge in [0.15, 0.2) is 0 Å². The Morgan fingerprint density at radius 2 is 1.58 bits per heavy atom. The maximum absolute atomic E-state index is 13.6. The Kier molecular flexibility index (Phi) is 7.04. The van der Waals surface area contributed by atoms with Crippen LogP contribution in [0.2, 0.25) is 0 Å². The fourth-order valence-electron chi connectivity index (χ4n) is 3.79. The number of rotatable bonds is 6. The van der Waals surface area contributed by atoms with Crippen molar-refractivity contribution in [3.8, 4) is 0 Å². The first-order valence-corrected chi connectivity index (χ1v) is 13.1. The molecule has 0 saturated carbocycles. The fourth-order valence-corrected chi connectivity index (χ4v) is 5.08. The maximum atomic E-state index is 13.6. The van der Waals surface area contributed by atoms with Crippen molar-refractivity contribution in [2.75, 3.05) is 0 Å². The van der Waals surface area contributed by atoms with Gasteiger partial charge in [0, 0.05) is 23.3 Å². The van der Waals surface area contributed by atoms with Gasteiger partial charge in [0.2, 0.25) is 0 Å². The van der Waals surface area contributed by atoms with E-state index in [2.05, 4.69) is 0 Å². The van der Waals surface area contributed by atoms with Gasteiger partial charge in [-0.15, -0.1) is 0 Å². The summed E-state index contributed by atoms with van der Waals surface area (Å²) < 4.78 is 35.5. The molecule has 4 aromatic rings. The van der Waals surface area contributed by atoms with E-state index in [0.29, 0.717) is 11.1 Å². The predicted octanol–water partition coefficient (Wildman–Crippen LogP) is 6.59. The number of ether oxygens (including phenoxy) is 1. The van der Waals surface area contributed by atoms with Crippen LogP contribution in [0.4, 0.5) is 4.79 Å². The molecule has 1 aromatic heterocycles. The van der Waals surface area contributed by atoms with Crippen molar-refractivity contribution in [1.29, 1.82) is 0 Å². The van der Waals surface area contributed by atoms with Crippen LogP contribution in [0, 0.1) is 6.92 Å². The number of carbonyl (C=O) groups is 1. The number of fused-ring (bicyclic) bond motifs is 1. The van der Waals surface area contributed by atoms with Crippen molar-refractivity contribution in [2.24, 2.45) is 0 Å². The number of sulfonamides is 1. The molecule has 0 bridgehead atoms. The minimum absolute atomic E-state index is 0.165. The summed E-state index contributed by atoms with van der Waals surface area (Å²) in [6.45, 7) is 7.52. The van der Waals surface area contributed by atoms with Gasteiger partial charge in [-0.05, 0) is 57.5 Å². The lowest BCUT2D eigenvalue weighted by Gasteiger charge is -2.21. The monoisotopic (exact) mass is 502 g/mol. The number of para-hydroxylation sites is 1. The van der Waals surface area contributed by atoms with E-state index in [-0.39, 0.29) is 11.4 Å². The Morgan fingerprint density at radius 3 is 2.25 bits per heavy atom. The first-order valence-electron chi connectivity index (χ1n) is 11.7. The number of benzene rings is 3. The Bertz CT molecular complexity index is 1500. The molecule has 36 heavy (non-hydrogen) atoms. The quantitative estimate of drug-likeness (QED) is 0.298. The summed E-state index contributed by atoms with van der Waals surface area (Å²) in [6.07, 6.45) is 4.46. The van der Waals surface area contributed by atoms with Crippen molar-refractivity contribution < 1.29 is 17.9 Å². The Labute approximate surface area is 212 Å². The predicted molar refractivity (Wildman–Crippen MR) is 143 cm³/mol. The highest BCUT2D eigenvalue weighted by molar-refractivity contribution is 7.89. The SMILES string of the molecule is Cc1ccc(S(=O)(=O)N(/C=C/c2cn(C(=O)OC(C)(C)C)c3ccccc23)Cc2ccccc2)cc1. The number of aryl methyl sites for hydroxylation is 1. The summed E-state index contributed by atoms with van der Waals surface area (Å²) >= 11 is 0. The maximum Gasteiger partial charge on any atom is 0.419 e. The topological polar surface area (TPSA) is 68.6 Å². The van der Waals surface area contributed by atoms with Crippen molar-refractivity contribution in [2.45, 2.75) is 44.7 Å². The van der Waals surface area contributed by atoms with Gasteiger partial charge >= 0.3 is 6.09 Å². The first kappa shape index (κ1) is 25.3. The molecule has 1 heterocycles. The zero-order valence-corrected chi connectivity index (χ0v) is 21.7. The van der Waals surface area contributed by atoms with E-state index >= 15 is 0 Å². The number of carbonyl (C=O) groups excluding carboxylic acids is 1. The number of hydrogen-bond acceptors (Lipinski definition) is 4. The van der Waals surface area contributed by atoms with Gasteiger partial charge in [-0.1, -0.05) is 66.2 Å². The second-order valence-electron chi connectivity index (χ2n) is 9.62. The van der Waals surface area contributed by atoms with Gasteiger partial charge in [0.25, 0.3) is 10.0 Å². The molecule has 186 valence electrons. The molecular formula is C29H30N2O4S. The van der Waals surface area contributed by atoms with Crippen LogP contribution in [0.1, 0.15) is 37.5 Å². The van der Waals surface area contributed by atoms with Crippen molar-refractivity contribution >= 4 is 33.1 Å². The van der Waals surface area contributed by atoms with Gasteiger partial charge in [-0.25, -0.2) is 13.2 Å². The Balaban J connectivity index is 1.75. The van der Waals surface area contributed by atoms with Crippen molar-refractivity contribution in [3.05, 3.63) is 108 Å². The van der Waals surface area contributed by atoms with Crippen molar-refractivity contribution in [1.82, 2.24) is 8.87 Å². The molecule has 0 fully saturated rings. The minimum atomic E-state index is -3.82. The Hall–Kier alpha value is -3.84. The molecule has 7 heteroatoms. The third kappa shape index (κ3) is 5.69. The molecule has 0 aliphatic rings. The first-order chi connectivity index (χ1) is 17.0. The number of hydrogen-bond donors (Lipinski definition) is 0. The third-order valence-corrected chi connectivity index (χ3v) is 7.30. The second kappa shape index (κ2) is 10.0. The highest BCUT2D eigenvalue weighted by Crippen LogP contribution is 2.26. The smallest absolute Gasteiger partial charge is 0.419 e. The lowest BCUT2D eigenvalue weighted by molar-refractivity contribution is 0.0544. The molecule has 0 aliphatic heterocycles. The van der Waals surface area contributed by atoms with Crippen molar-refractivity contribution in [3.63, 3.8) is 0 Å². The van der Waals surface area contributed by atoms with E-state index in [1.54, 1.807) is 42.7 Å². The zero-order chi connectivity index (χ0) is 25.9. The van der Waals surface area contributed by atoms with E-state index < -0.39 is 21.7 Å². The van der Waals surface area contributed by atoms with Crippen LogP contribution in [-0.2, 0) is 21.3 Å². The third-order valence-electron chi connectivity index (χ3n) is 5.56. The van der Waals surface area contributed by atoms with Gasteiger partial charge < -0.3 is 4.74 Å². The summed E-state index contributed by atoms with van der Waals surface area (Å²) in [5.74, 6) is 0. The van der Waals surface area contributed by atoms with Crippen LogP contribution >= 0.6 is 0 Å². The lowest BCUT2D eigenvalue weighted by atomic mass is 10.2. The van der Waals surface area contributed by atoms with E-state index in [1.807, 2.05) is 82.3 Å². The van der Waals surface area contributed by atoms with Gasteiger partial charge in [0.05, 0.1) is 17.0 Å². The summed E-state index contributed by atoms with van der Waals surface area (Å²) in [5.41, 5.74) is 2.58. The largest absolute Gasteiger partial charge is 0.443 e. The standard InChI is InChI=1S/C29H30N2O4S/c1-22-14-16-25(17-15-22)36(33,34)30(20-23-10-6-5-7-11-23)19-18-24-21-31(28(32)35-29(2,3)4)27-13-9-8-12-26(24)27/h5-19,21H,20H2,1-4H3/b19-18+. The molecule has 0 spiro atoms. The van der Waals surface area contributed by atoms with Gasteiger partial charge in [0.1, 0.15) is 5.60 Å². The molecule has 0 saturated heterocycles. The van der Waals surface area contributed by atoms with Crippen LogP contribution in [0.25, 0.3) is 17.0 Å². The minimum Gasteiger partial charge on any atom is -0.443 e. The Morgan fingerprint density at radius 1 is 0.944 bits per heavy atom. The second-order valence-corrected chi connectivity index (χ2v) is 11.5. The molecule has 0 amide bonds. The zero-order valence-electron chi connectivity index (χ0n) is 20.9. The molecule has 4 rings (SSSR count). The highest BCUT2D eigenvalue weighted by atomic mass is 32.2. The summed E-state index contributed by atoms with van der Waals surface area (Å²) in [5, 5.41) is 0.812. The van der Waals surface area contributed by atoms with Crippen LogP contribution in [0.3, 0.4) is 0 Å². The molecule has 0 atom stereocenters. The van der Waals surface area contributed by atoms with Gasteiger partial charge in [-0.3, -0.25) is 8.87 Å². The van der Waals surface area contributed by atoms with E-state index in [4.69, 9.17) is 4.74 Å². The summed E-state index contributed by atoms with van der Waals surface area (Å²) in [4.78, 5) is 13.1. The molecule has 0 aliphatic carbocycles. The molecule has 3 aromatic carbocycles. The molecule has 0 unspecified atom stereocenters. The summed E-state index contributed by atoms with van der Waals surface area (Å²) in [7, 11) is -3.82. The van der Waals surface area contributed by atoms with Crippen LogP contribution in [0.5, 0.6) is 0 Å². The lowest BCUT2D eigenvalue weighted by Crippen LogP contribution is -2.26. The number of aromatic nitrogens is 1. The normalized spacial score (nSPS) is 12.2. The van der Waals surface area contributed by atoms with Gasteiger partial charge in [-0.2, -0.15) is 0 Å². The van der Waals surface area contributed by atoms with Crippen LogP contribution in [-0.4, -0.2) is 29.0 Å². The molecule has 6 nitrogen and oxygen atoms in total. The van der Waals surface area contributed by atoms with E-state index in [0.717, 1.165) is 16.5 Å². The fraction of sp³-hybridized carbons (Fsp3) is 0.207. The molecule has 0 N–H and O–H groups in total. The van der Waals surface area contributed by atoms with E-state index in [1.165, 1.54) is 8.87 Å². The average molecular weight is 503 g/mol. The molecule has 0 radical (unpaired) electrons. The summed E-state index contributed by atoms with van der Waals surface area (Å²) in [6, 6.07) is 23.7. The number of nitrogens with zero attached hydrogens (tertiary/aromatic N) is 2.